The number of nitrogens with one attached hydrogen (secondary N) is 2. The first-order valence-electron chi connectivity index (χ1n) is 6.72. The number of benzene rings is 1. The number of amides is 1. The van der Waals surface area contributed by atoms with Gasteiger partial charge in [0.1, 0.15) is 0 Å². The van der Waals surface area contributed by atoms with Gasteiger partial charge in [-0.1, -0.05) is 18.2 Å². The Morgan fingerprint density at radius 3 is 2.95 bits per heavy atom. The van der Waals surface area contributed by atoms with Gasteiger partial charge in [0.05, 0.1) is 6.42 Å². The molecule has 1 heterocycles. The topological polar surface area (TPSA) is 44.4 Å². The van der Waals surface area contributed by atoms with Crippen LogP contribution in [0.15, 0.2) is 36.9 Å². The van der Waals surface area contributed by atoms with Crippen molar-refractivity contribution in [2.24, 2.45) is 0 Å². The van der Waals surface area contributed by atoms with Crippen LogP contribution >= 0.6 is 0 Å². The van der Waals surface area contributed by atoms with Gasteiger partial charge in [-0.25, -0.2) is 0 Å². The van der Waals surface area contributed by atoms with Crippen LogP contribution in [0.4, 0.5) is 5.69 Å². The number of anilines is 1. The Morgan fingerprint density at radius 1 is 1.42 bits per heavy atom. The molecule has 1 saturated heterocycles. The lowest BCUT2D eigenvalue weighted by Gasteiger charge is -2.29. The number of hydrogen-bond acceptors (Lipinski definition) is 3. The third kappa shape index (κ3) is 4.10. The van der Waals surface area contributed by atoms with E-state index >= 15 is 0 Å². The summed E-state index contributed by atoms with van der Waals surface area (Å²) in [5.74, 6) is 0.0392. The van der Waals surface area contributed by atoms with Crippen molar-refractivity contribution in [3.05, 3.63) is 42.5 Å². The van der Waals surface area contributed by atoms with Crippen LogP contribution in [0, 0.1) is 0 Å². The van der Waals surface area contributed by atoms with Crippen LogP contribution in [0.25, 0.3) is 0 Å². The molecule has 0 aromatic heterocycles. The lowest BCUT2D eigenvalue weighted by atomic mass is 10.1. The molecule has 1 aromatic carbocycles. The van der Waals surface area contributed by atoms with E-state index in [0.717, 1.165) is 31.7 Å². The summed E-state index contributed by atoms with van der Waals surface area (Å²) in [6.07, 6.45) is 2.11. The molecule has 2 rings (SSSR count). The van der Waals surface area contributed by atoms with Crippen LogP contribution in [0.1, 0.15) is 5.56 Å². The minimum Gasteiger partial charge on any atom is -0.369 e. The first kappa shape index (κ1) is 13.6. The average molecular weight is 259 g/mol. The fourth-order valence-corrected chi connectivity index (χ4v) is 2.22. The second kappa shape index (κ2) is 6.95. The Labute approximate surface area is 114 Å². The van der Waals surface area contributed by atoms with E-state index in [4.69, 9.17) is 0 Å². The van der Waals surface area contributed by atoms with Crippen molar-refractivity contribution in [1.29, 1.82) is 0 Å². The standard InChI is InChI=1S/C15H21N3O/c1-2-6-17-15(19)12-13-4-3-5-14(11-13)18-9-7-16-8-10-18/h2-5,11,16H,1,6-10,12H2,(H,17,19). The van der Waals surface area contributed by atoms with Crippen molar-refractivity contribution < 1.29 is 4.79 Å². The van der Waals surface area contributed by atoms with E-state index in [1.807, 2.05) is 12.1 Å². The summed E-state index contributed by atoms with van der Waals surface area (Å²) in [4.78, 5) is 14.0. The van der Waals surface area contributed by atoms with E-state index in [9.17, 15) is 4.79 Å². The van der Waals surface area contributed by atoms with E-state index in [1.165, 1.54) is 5.69 Å². The Morgan fingerprint density at radius 2 is 2.21 bits per heavy atom. The molecular weight excluding hydrogens is 238 g/mol. The molecule has 0 spiro atoms. The van der Waals surface area contributed by atoms with E-state index < -0.39 is 0 Å². The molecule has 4 heteroatoms. The van der Waals surface area contributed by atoms with Crippen LogP contribution in [-0.2, 0) is 11.2 Å². The minimum absolute atomic E-state index is 0.0392. The molecule has 4 nitrogen and oxygen atoms in total. The first-order chi connectivity index (χ1) is 9.29. The molecule has 0 radical (unpaired) electrons. The number of hydrogen-bond donors (Lipinski definition) is 2. The molecule has 102 valence electrons. The fourth-order valence-electron chi connectivity index (χ4n) is 2.22. The number of rotatable bonds is 5. The number of piperazine rings is 1. The SMILES string of the molecule is C=CCNC(=O)Cc1cccc(N2CCNCC2)c1. The highest BCUT2D eigenvalue weighted by atomic mass is 16.1. The number of nitrogens with zero attached hydrogens (tertiary/aromatic N) is 1. The third-order valence-corrected chi connectivity index (χ3v) is 3.20. The smallest absolute Gasteiger partial charge is 0.224 e. The van der Waals surface area contributed by atoms with E-state index in [2.05, 4.69) is 34.2 Å². The van der Waals surface area contributed by atoms with Gasteiger partial charge >= 0.3 is 0 Å². The summed E-state index contributed by atoms with van der Waals surface area (Å²) < 4.78 is 0. The van der Waals surface area contributed by atoms with Crippen molar-refractivity contribution in [2.45, 2.75) is 6.42 Å². The minimum atomic E-state index is 0.0392. The molecule has 1 fully saturated rings. The zero-order chi connectivity index (χ0) is 13.5. The predicted octanol–water partition coefficient (Wildman–Crippen LogP) is 0.941. The van der Waals surface area contributed by atoms with E-state index in [-0.39, 0.29) is 5.91 Å². The molecule has 0 saturated carbocycles. The fraction of sp³-hybridized carbons (Fsp3) is 0.400. The van der Waals surface area contributed by atoms with Gasteiger partial charge in [-0.05, 0) is 17.7 Å². The predicted molar refractivity (Wildman–Crippen MR) is 78.4 cm³/mol. The number of carbonyl (C=O) groups excluding carboxylic acids is 1. The summed E-state index contributed by atoms with van der Waals surface area (Å²) in [6.45, 7) is 8.19. The van der Waals surface area contributed by atoms with E-state index in [1.54, 1.807) is 6.08 Å². The number of carbonyl (C=O) groups is 1. The van der Waals surface area contributed by atoms with Crippen molar-refractivity contribution in [3.63, 3.8) is 0 Å². The van der Waals surface area contributed by atoms with Gasteiger partial charge in [0.2, 0.25) is 5.91 Å². The molecular formula is C15H21N3O. The zero-order valence-electron chi connectivity index (χ0n) is 11.2. The first-order valence-corrected chi connectivity index (χ1v) is 6.72. The molecule has 0 bridgehead atoms. The van der Waals surface area contributed by atoms with Crippen molar-refractivity contribution in [2.75, 3.05) is 37.6 Å². The summed E-state index contributed by atoms with van der Waals surface area (Å²) in [5, 5.41) is 6.14. The maximum atomic E-state index is 11.7. The average Bonchev–Trinajstić information content (AvgIpc) is 2.46. The second-order valence-electron chi connectivity index (χ2n) is 4.68. The van der Waals surface area contributed by atoms with Gasteiger partial charge in [0.15, 0.2) is 0 Å². The Bertz CT molecular complexity index is 439. The molecule has 1 aliphatic rings. The van der Waals surface area contributed by atoms with Crippen LogP contribution < -0.4 is 15.5 Å². The van der Waals surface area contributed by atoms with Gasteiger partial charge in [-0.3, -0.25) is 4.79 Å². The quantitative estimate of drug-likeness (QED) is 0.774. The van der Waals surface area contributed by atoms with Crippen LogP contribution in [-0.4, -0.2) is 38.6 Å². The van der Waals surface area contributed by atoms with Crippen LogP contribution in [0.2, 0.25) is 0 Å². The summed E-state index contributed by atoms with van der Waals surface area (Å²) in [5.41, 5.74) is 2.26. The molecule has 1 amide bonds. The Hall–Kier alpha value is -1.81. The van der Waals surface area contributed by atoms with Gasteiger partial charge in [-0.2, -0.15) is 0 Å². The lowest BCUT2D eigenvalue weighted by Crippen LogP contribution is -2.43. The molecule has 1 aromatic rings. The zero-order valence-corrected chi connectivity index (χ0v) is 11.2. The van der Waals surface area contributed by atoms with Crippen molar-refractivity contribution in [3.8, 4) is 0 Å². The molecule has 0 unspecified atom stereocenters. The second-order valence-corrected chi connectivity index (χ2v) is 4.68. The molecule has 2 N–H and O–H groups in total. The van der Waals surface area contributed by atoms with Crippen molar-refractivity contribution in [1.82, 2.24) is 10.6 Å². The van der Waals surface area contributed by atoms with E-state index in [0.29, 0.717) is 13.0 Å². The molecule has 19 heavy (non-hydrogen) atoms. The largest absolute Gasteiger partial charge is 0.369 e. The molecule has 1 aliphatic heterocycles. The van der Waals surface area contributed by atoms with Gasteiger partial charge in [-0.15, -0.1) is 6.58 Å². The van der Waals surface area contributed by atoms with Gasteiger partial charge < -0.3 is 15.5 Å². The van der Waals surface area contributed by atoms with Crippen LogP contribution in [0.3, 0.4) is 0 Å². The van der Waals surface area contributed by atoms with Gasteiger partial charge in [0.25, 0.3) is 0 Å². The molecule has 0 aliphatic carbocycles. The highest BCUT2D eigenvalue weighted by molar-refractivity contribution is 5.79. The normalized spacial score (nSPS) is 15.1. The summed E-state index contributed by atoms with van der Waals surface area (Å²) in [6, 6.07) is 8.24. The highest BCUT2D eigenvalue weighted by Crippen LogP contribution is 2.17. The summed E-state index contributed by atoms with van der Waals surface area (Å²) in [7, 11) is 0. The van der Waals surface area contributed by atoms with Crippen molar-refractivity contribution >= 4 is 11.6 Å². The maximum Gasteiger partial charge on any atom is 0.224 e. The maximum absolute atomic E-state index is 11.7. The van der Waals surface area contributed by atoms with Gasteiger partial charge in [0, 0.05) is 38.4 Å². The lowest BCUT2D eigenvalue weighted by molar-refractivity contribution is -0.120. The highest BCUT2D eigenvalue weighted by Gasteiger charge is 2.11. The molecule has 0 atom stereocenters. The Kier molecular flexibility index (Phi) is 4.98. The monoisotopic (exact) mass is 259 g/mol. The third-order valence-electron chi connectivity index (χ3n) is 3.20. The van der Waals surface area contributed by atoms with Crippen LogP contribution in [0.5, 0.6) is 0 Å². The Balaban J connectivity index is 1.98. The summed E-state index contributed by atoms with van der Waals surface area (Å²) >= 11 is 0.